The number of nitrogens with one attached hydrogen (secondary N) is 1. The molecule has 0 aliphatic heterocycles. The molecule has 0 bridgehead atoms. The Morgan fingerprint density at radius 3 is 2.41 bits per heavy atom. The minimum atomic E-state index is 0.127. The van der Waals surface area contributed by atoms with E-state index in [2.05, 4.69) is 51.2 Å². The molecule has 2 nitrogen and oxygen atoms in total. The molecular weight excluding hydrogens is 208 g/mol. The Hall–Kier alpha value is -1.33. The van der Waals surface area contributed by atoms with Crippen molar-refractivity contribution in [1.82, 2.24) is 5.32 Å². The van der Waals surface area contributed by atoms with E-state index in [-0.39, 0.29) is 5.92 Å². The van der Waals surface area contributed by atoms with Crippen LogP contribution in [0.25, 0.3) is 0 Å². The van der Waals surface area contributed by atoms with E-state index in [9.17, 15) is 0 Å². The highest BCUT2D eigenvalue weighted by Gasteiger charge is 2.05. The van der Waals surface area contributed by atoms with Crippen molar-refractivity contribution in [2.24, 2.45) is 5.92 Å². The van der Waals surface area contributed by atoms with Gasteiger partial charge in [-0.2, -0.15) is 5.26 Å². The van der Waals surface area contributed by atoms with Gasteiger partial charge in [0, 0.05) is 13.1 Å². The van der Waals surface area contributed by atoms with Gasteiger partial charge in [0.15, 0.2) is 0 Å². The summed E-state index contributed by atoms with van der Waals surface area (Å²) in [7, 11) is 0. The van der Waals surface area contributed by atoms with E-state index in [1.807, 2.05) is 0 Å². The zero-order valence-corrected chi connectivity index (χ0v) is 11.3. The topological polar surface area (TPSA) is 35.8 Å². The smallest absolute Gasteiger partial charge is 0.0669 e. The maximum absolute atomic E-state index is 8.87. The average Bonchev–Trinajstić information content (AvgIpc) is 2.31. The molecule has 2 heteroatoms. The normalized spacial score (nSPS) is 12.2. The Bertz CT molecular complexity index is 416. The summed E-state index contributed by atoms with van der Waals surface area (Å²) in [6.07, 6.45) is 0.912. The van der Waals surface area contributed by atoms with Crippen molar-refractivity contribution in [3.8, 4) is 6.07 Å². The number of rotatable bonds is 5. The second kappa shape index (κ2) is 6.42. The number of benzene rings is 1. The maximum Gasteiger partial charge on any atom is 0.0669 e. The summed E-state index contributed by atoms with van der Waals surface area (Å²) in [5.41, 5.74) is 5.33. The molecule has 0 aliphatic carbocycles. The summed E-state index contributed by atoms with van der Waals surface area (Å²) in [5, 5.41) is 12.2. The molecule has 17 heavy (non-hydrogen) atoms. The standard InChI is InChI=1S/C15H22N2/c1-5-14(8-16)9-17-10-15-7-12(3)11(2)6-13(15)4/h6-7,14,17H,5,9-10H2,1-4H3. The minimum absolute atomic E-state index is 0.127. The molecule has 1 unspecified atom stereocenters. The zero-order chi connectivity index (χ0) is 12.8. The highest BCUT2D eigenvalue weighted by Crippen LogP contribution is 2.15. The molecule has 0 aliphatic rings. The predicted octanol–water partition coefficient (Wildman–Crippen LogP) is 3.25. The highest BCUT2D eigenvalue weighted by atomic mass is 14.9. The fraction of sp³-hybridized carbons (Fsp3) is 0.533. The minimum Gasteiger partial charge on any atom is -0.311 e. The lowest BCUT2D eigenvalue weighted by Gasteiger charge is -2.12. The number of nitrogens with zero attached hydrogens (tertiary/aromatic N) is 1. The quantitative estimate of drug-likeness (QED) is 0.842. The van der Waals surface area contributed by atoms with Crippen LogP contribution in [0.5, 0.6) is 0 Å². The van der Waals surface area contributed by atoms with E-state index in [4.69, 9.17) is 5.26 Å². The second-order valence-electron chi connectivity index (χ2n) is 4.73. The molecule has 0 aromatic heterocycles. The number of hydrogen-bond donors (Lipinski definition) is 1. The lowest BCUT2D eigenvalue weighted by molar-refractivity contribution is 0.552. The van der Waals surface area contributed by atoms with Crippen LogP contribution in [-0.4, -0.2) is 6.54 Å². The van der Waals surface area contributed by atoms with Gasteiger partial charge in [-0.25, -0.2) is 0 Å². The van der Waals surface area contributed by atoms with Crippen LogP contribution in [0.3, 0.4) is 0 Å². The largest absolute Gasteiger partial charge is 0.311 e. The Kier molecular flexibility index (Phi) is 5.18. The third kappa shape index (κ3) is 3.87. The summed E-state index contributed by atoms with van der Waals surface area (Å²) in [4.78, 5) is 0. The summed E-state index contributed by atoms with van der Waals surface area (Å²) in [6, 6.07) is 6.78. The number of aryl methyl sites for hydroxylation is 3. The van der Waals surface area contributed by atoms with Crippen LogP contribution >= 0.6 is 0 Å². The second-order valence-corrected chi connectivity index (χ2v) is 4.73. The molecule has 1 aromatic carbocycles. The van der Waals surface area contributed by atoms with Crippen molar-refractivity contribution in [3.05, 3.63) is 34.4 Å². The monoisotopic (exact) mass is 230 g/mol. The van der Waals surface area contributed by atoms with Crippen molar-refractivity contribution in [2.45, 2.75) is 40.7 Å². The highest BCUT2D eigenvalue weighted by molar-refractivity contribution is 5.36. The van der Waals surface area contributed by atoms with Crippen molar-refractivity contribution < 1.29 is 0 Å². The van der Waals surface area contributed by atoms with Crippen LogP contribution < -0.4 is 5.32 Å². The first kappa shape index (κ1) is 13.7. The van der Waals surface area contributed by atoms with Gasteiger partial charge >= 0.3 is 0 Å². The third-order valence-corrected chi connectivity index (χ3v) is 3.33. The first-order valence-corrected chi connectivity index (χ1v) is 6.25. The molecule has 0 amide bonds. The van der Waals surface area contributed by atoms with Gasteiger partial charge in [-0.05, 0) is 49.4 Å². The summed E-state index contributed by atoms with van der Waals surface area (Å²) in [5.74, 6) is 0.127. The summed E-state index contributed by atoms with van der Waals surface area (Å²) < 4.78 is 0. The SMILES string of the molecule is CCC(C#N)CNCc1cc(C)c(C)cc1C. The fourth-order valence-corrected chi connectivity index (χ4v) is 1.87. The molecular formula is C15H22N2. The van der Waals surface area contributed by atoms with Crippen LogP contribution in [0.4, 0.5) is 0 Å². The van der Waals surface area contributed by atoms with Crippen LogP contribution in [0.1, 0.15) is 35.6 Å². The Morgan fingerprint density at radius 2 is 1.82 bits per heavy atom. The van der Waals surface area contributed by atoms with E-state index in [0.717, 1.165) is 19.5 Å². The average molecular weight is 230 g/mol. The molecule has 0 saturated heterocycles. The van der Waals surface area contributed by atoms with E-state index >= 15 is 0 Å². The Labute approximate surface area is 105 Å². The molecule has 1 N–H and O–H groups in total. The van der Waals surface area contributed by atoms with Gasteiger partial charge in [0.05, 0.1) is 12.0 Å². The summed E-state index contributed by atoms with van der Waals surface area (Å²) >= 11 is 0. The van der Waals surface area contributed by atoms with E-state index < -0.39 is 0 Å². The number of hydrogen-bond acceptors (Lipinski definition) is 2. The molecule has 0 spiro atoms. The van der Waals surface area contributed by atoms with Crippen molar-refractivity contribution in [2.75, 3.05) is 6.54 Å². The first-order chi connectivity index (χ1) is 8.08. The third-order valence-electron chi connectivity index (χ3n) is 3.33. The first-order valence-electron chi connectivity index (χ1n) is 6.25. The maximum atomic E-state index is 8.87. The van der Waals surface area contributed by atoms with Crippen LogP contribution in [0.2, 0.25) is 0 Å². The molecule has 0 radical (unpaired) electrons. The molecule has 0 heterocycles. The van der Waals surface area contributed by atoms with Crippen molar-refractivity contribution in [3.63, 3.8) is 0 Å². The van der Waals surface area contributed by atoms with Crippen LogP contribution in [-0.2, 0) is 6.54 Å². The fourth-order valence-electron chi connectivity index (χ4n) is 1.87. The molecule has 0 fully saturated rings. The van der Waals surface area contributed by atoms with Crippen molar-refractivity contribution >= 4 is 0 Å². The summed E-state index contributed by atoms with van der Waals surface area (Å²) in [6.45, 7) is 10.1. The molecule has 92 valence electrons. The van der Waals surface area contributed by atoms with Crippen LogP contribution in [0, 0.1) is 38.0 Å². The predicted molar refractivity (Wildman–Crippen MR) is 71.8 cm³/mol. The molecule has 1 atom stereocenters. The van der Waals surface area contributed by atoms with Gasteiger partial charge in [0.1, 0.15) is 0 Å². The van der Waals surface area contributed by atoms with Gasteiger partial charge < -0.3 is 5.32 Å². The zero-order valence-electron chi connectivity index (χ0n) is 11.3. The number of nitriles is 1. The molecule has 1 aromatic rings. The van der Waals surface area contributed by atoms with E-state index in [0.29, 0.717) is 0 Å². The van der Waals surface area contributed by atoms with Gasteiger partial charge in [-0.3, -0.25) is 0 Å². The van der Waals surface area contributed by atoms with E-state index in [1.165, 1.54) is 22.3 Å². The van der Waals surface area contributed by atoms with Crippen LogP contribution in [0.15, 0.2) is 12.1 Å². The molecule has 0 saturated carbocycles. The Balaban J connectivity index is 2.58. The van der Waals surface area contributed by atoms with Gasteiger partial charge in [0.2, 0.25) is 0 Å². The van der Waals surface area contributed by atoms with Gasteiger partial charge in [0.25, 0.3) is 0 Å². The lowest BCUT2D eigenvalue weighted by Crippen LogP contribution is -2.21. The lowest BCUT2D eigenvalue weighted by atomic mass is 10.0. The van der Waals surface area contributed by atoms with Gasteiger partial charge in [-0.1, -0.05) is 19.1 Å². The Morgan fingerprint density at radius 1 is 1.18 bits per heavy atom. The van der Waals surface area contributed by atoms with E-state index in [1.54, 1.807) is 0 Å². The van der Waals surface area contributed by atoms with Crippen molar-refractivity contribution in [1.29, 1.82) is 5.26 Å². The van der Waals surface area contributed by atoms with Gasteiger partial charge in [-0.15, -0.1) is 0 Å². The molecule has 1 rings (SSSR count).